The Balaban J connectivity index is 2.62. The van der Waals surface area contributed by atoms with E-state index >= 15 is 0 Å². The molecule has 0 aliphatic heterocycles. The highest BCUT2D eigenvalue weighted by Gasteiger charge is 1.97. The van der Waals surface area contributed by atoms with Gasteiger partial charge in [-0.15, -0.1) is 5.10 Å². The summed E-state index contributed by atoms with van der Waals surface area (Å²) in [7, 11) is 0. The van der Waals surface area contributed by atoms with Crippen LogP contribution in [-0.2, 0) is 0 Å². The molecule has 0 bridgehead atoms. The molecule has 0 radical (unpaired) electrons. The van der Waals surface area contributed by atoms with Crippen LogP contribution < -0.4 is 17.0 Å². The van der Waals surface area contributed by atoms with Crippen LogP contribution in [0, 0.1) is 0 Å². The summed E-state index contributed by atoms with van der Waals surface area (Å²) < 4.78 is 0. The molecule has 1 rings (SSSR count). The van der Waals surface area contributed by atoms with Crippen LogP contribution in [0.5, 0.6) is 0 Å². The lowest BCUT2D eigenvalue weighted by Gasteiger charge is -2.04. The van der Waals surface area contributed by atoms with Crippen molar-refractivity contribution >= 4 is 12.2 Å². The first kappa shape index (κ1) is 12.0. The third-order valence-electron chi connectivity index (χ3n) is 2.13. The molecular formula is C11H17N5. The third-order valence-corrected chi connectivity index (χ3v) is 2.13. The fraction of sp³-hybridized carbons (Fsp3) is 0.273. The summed E-state index contributed by atoms with van der Waals surface area (Å²) in [6.45, 7) is 4.31. The van der Waals surface area contributed by atoms with Crippen LogP contribution in [0.25, 0.3) is 0 Å². The Morgan fingerprint density at radius 2 is 1.94 bits per heavy atom. The molecule has 0 spiro atoms. The number of benzene rings is 1. The Kier molecular flexibility index (Phi) is 4.32. The molecule has 0 saturated carbocycles. The van der Waals surface area contributed by atoms with E-state index in [0.29, 0.717) is 5.92 Å². The van der Waals surface area contributed by atoms with Crippen molar-refractivity contribution < 1.29 is 0 Å². The Hall–Kier alpha value is -2.04. The summed E-state index contributed by atoms with van der Waals surface area (Å²) in [5, 5.41) is 7.10. The summed E-state index contributed by atoms with van der Waals surface area (Å²) in [5.74, 6) is 5.54. The molecule has 0 saturated heterocycles. The molecule has 86 valence electrons. The monoisotopic (exact) mass is 219 g/mol. The van der Waals surface area contributed by atoms with Crippen LogP contribution >= 0.6 is 0 Å². The quantitative estimate of drug-likeness (QED) is 0.306. The van der Waals surface area contributed by atoms with E-state index in [-0.39, 0.29) is 5.96 Å². The standard InChI is InChI=1S/C11H17N5/c1-8(2)10-5-3-9(4-6-10)7-14-16-11(12)15-13/h3-8H,13H2,1-2H3,(H3,12,15,16). The summed E-state index contributed by atoms with van der Waals surface area (Å²) in [6, 6.07) is 8.14. The van der Waals surface area contributed by atoms with Crippen LogP contribution in [0.1, 0.15) is 30.9 Å². The number of hydrogen-bond acceptors (Lipinski definition) is 3. The number of hydrogen-bond donors (Lipinski definition) is 3. The molecule has 0 aliphatic rings. The summed E-state index contributed by atoms with van der Waals surface area (Å²) in [5.41, 5.74) is 10.1. The number of rotatable bonds is 3. The number of nitrogens with two attached hydrogens (primary N) is 2. The van der Waals surface area contributed by atoms with Gasteiger partial charge in [-0.05, 0) is 17.0 Å². The Morgan fingerprint density at radius 3 is 2.44 bits per heavy atom. The molecule has 5 N–H and O–H groups in total. The van der Waals surface area contributed by atoms with Gasteiger partial charge in [-0.3, -0.25) is 0 Å². The Morgan fingerprint density at radius 1 is 1.31 bits per heavy atom. The van der Waals surface area contributed by atoms with E-state index in [4.69, 9.17) is 11.6 Å². The predicted molar refractivity (Wildman–Crippen MR) is 67.1 cm³/mol. The number of nitrogens with one attached hydrogen (secondary N) is 1. The molecular weight excluding hydrogens is 202 g/mol. The molecule has 16 heavy (non-hydrogen) atoms. The Labute approximate surface area is 95.2 Å². The van der Waals surface area contributed by atoms with E-state index in [1.807, 2.05) is 12.1 Å². The van der Waals surface area contributed by atoms with Gasteiger partial charge >= 0.3 is 0 Å². The van der Waals surface area contributed by atoms with Crippen molar-refractivity contribution in [1.29, 1.82) is 0 Å². The van der Waals surface area contributed by atoms with Gasteiger partial charge in [0.05, 0.1) is 6.21 Å². The van der Waals surface area contributed by atoms with Crippen molar-refractivity contribution in [3.63, 3.8) is 0 Å². The maximum Gasteiger partial charge on any atom is 0.231 e. The highest BCUT2D eigenvalue weighted by atomic mass is 15.4. The molecule has 1 aromatic rings. The lowest BCUT2D eigenvalue weighted by atomic mass is 10.0. The van der Waals surface area contributed by atoms with Crippen molar-refractivity contribution in [1.82, 2.24) is 5.43 Å². The van der Waals surface area contributed by atoms with Crippen molar-refractivity contribution in [3.05, 3.63) is 35.4 Å². The van der Waals surface area contributed by atoms with Gasteiger partial charge in [-0.1, -0.05) is 38.1 Å². The minimum Gasteiger partial charge on any atom is -0.367 e. The minimum absolute atomic E-state index is 0.0788. The highest BCUT2D eigenvalue weighted by Crippen LogP contribution is 2.13. The van der Waals surface area contributed by atoms with Crippen LogP contribution in [0.15, 0.2) is 34.5 Å². The minimum atomic E-state index is 0.0788. The lowest BCUT2D eigenvalue weighted by molar-refractivity contribution is 0.866. The van der Waals surface area contributed by atoms with E-state index in [0.717, 1.165) is 5.56 Å². The highest BCUT2D eigenvalue weighted by molar-refractivity contribution is 5.82. The topological polar surface area (TPSA) is 88.8 Å². The van der Waals surface area contributed by atoms with Crippen LogP contribution in [0.3, 0.4) is 0 Å². The lowest BCUT2D eigenvalue weighted by Crippen LogP contribution is -2.28. The fourth-order valence-corrected chi connectivity index (χ4v) is 1.17. The van der Waals surface area contributed by atoms with Crippen molar-refractivity contribution in [2.45, 2.75) is 19.8 Å². The second kappa shape index (κ2) is 5.75. The zero-order chi connectivity index (χ0) is 12.0. The van der Waals surface area contributed by atoms with E-state index in [1.54, 1.807) is 6.21 Å². The van der Waals surface area contributed by atoms with Gasteiger partial charge in [-0.25, -0.2) is 5.43 Å². The summed E-state index contributed by atoms with van der Waals surface area (Å²) in [6.07, 6.45) is 1.65. The van der Waals surface area contributed by atoms with Gasteiger partial charge in [-0.2, -0.15) is 5.10 Å². The second-order valence-corrected chi connectivity index (χ2v) is 3.71. The van der Waals surface area contributed by atoms with E-state index in [2.05, 4.69) is 41.6 Å². The molecule has 0 heterocycles. The predicted octanol–water partition coefficient (Wildman–Crippen LogP) is 0.922. The van der Waals surface area contributed by atoms with Gasteiger partial charge in [0.15, 0.2) is 0 Å². The van der Waals surface area contributed by atoms with Crippen LogP contribution in [0.4, 0.5) is 0 Å². The van der Waals surface area contributed by atoms with Crippen LogP contribution in [-0.4, -0.2) is 12.2 Å². The fourth-order valence-electron chi connectivity index (χ4n) is 1.17. The first-order chi connectivity index (χ1) is 7.63. The molecule has 0 aliphatic carbocycles. The van der Waals surface area contributed by atoms with Crippen molar-refractivity contribution in [3.8, 4) is 0 Å². The number of nitrogens with zero attached hydrogens (tertiary/aromatic N) is 2. The number of guanidine groups is 1. The van der Waals surface area contributed by atoms with Crippen molar-refractivity contribution in [2.24, 2.45) is 21.8 Å². The average molecular weight is 219 g/mol. The van der Waals surface area contributed by atoms with E-state index in [1.165, 1.54) is 5.56 Å². The molecule has 0 amide bonds. The maximum atomic E-state index is 5.30. The van der Waals surface area contributed by atoms with Crippen molar-refractivity contribution in [2.75, 3.05) is 0 Å². The SMILES string of the molecule is CC(C)c1ccc(C=NNC(N)=NN)cc1. The zero-order valence-electron chi connectivity index (χ0n) is 9.51. The normalized spacial score (nSPS) is 12.3. The molecule has 5 heteroatoms. The third kappa shape index (κ3) is 3.61. The van der Waals surface area contributed by atoms with Gasteiger partial charge in [0, 0.05) is 0 Å². The van der Waals surface area contributed by atoms with Gasteiger partial charge in [0.1, 0.15) is 0 Å². The number of hydrazone groups is 2. The molecule has 1 aromatic carbocycles. The van der Waals surface area contributed by atoms with Crippen LogP contribution in [0.2, 0.25) is 0 Å². The van der Waals surface area contributed by atoms with Gasteiger partial charge < -0.3 is 11.6 Å². The first-order valence-corrected chi connectivity index (χ1v) is 5.06. The molecule has 0 atom stereocenters. The molecule has 5 nitrogen and oxygen atoms in total. The molecule has 0 aromatic heterocycles. The Bertz CT molecular complexity index is 378. The molecule has 0 unspecified atom stereocenters. The van der Waals surface area contributed by atoms with E-state index < -0.39 is 0 Å². The largest absolute Gasteiger partial charge is 0.367 e. The molecule has 0 fully saturated rings. The van der Waals surface area contributed by atoms with Gasteiger partial charge in [0.25, 0.3) is 0 Å². The zero-order valence-corrected chi connectivity index (χ0v) is 9.51. The summed E-state index contributed by atoms with van der Waals surface area (Å²) >= 11 is 0. The maximum absolute atomic E-state index is 5.30. The van der Waals surface area contributed by atoms with Gasteiger partial charge in [0.2, 0.25) is 5.96 Å². The smallest absolute Gasteiger partial charge is 0.231 e. The second-order valence-electron chi connectivity index (χ2n) is 3.71. The first-order valence-electron chi connectivity index (χ1n) is 5.06. The summed E-state index contributed by atoms with van der Waals surface area (Å²) in [4.78, 5) is 0. The average Bonchev–Trinajstić information content (AvgIpc) is 2.29. The van der Waals surface area contributed by atoms with E-state index in [9.17, 15) is 0 Å².